The highest BCUT2D eigenvalue weighted by atomic mass is 35.5. The van der Waals surface area contributed by atoms with Crippen LogP contribution in [0.3, 0.4) is 0 Å². The van der Waals surface area contributed by atoms with Crippen molar-refractivity contribution in [2.24, 2.45) is 0 Å². The molecule has 0 atom stereocenters. The third-order valence-electron chi connectivity index (χ3n) is 3.98. The minimum absolute atomic E-state index is 0.0109. The lowest BCUT2D eigenvalue weighted by Gasteiger charge is -2.15. The molecule has 22 heavy (non-hydrogen) atoms. The van der Waals surface area contributed by atoms with E-state index in [1.165, 1.54) is 0 Å². The summed E-state index contributed by atoms with van der Waals surface area (Å²) in [6.07, 6.45) is 2.06. The molecule has 1 N–H and O–H groups in total. The fraction of sp³-hybridized carbons (Fsp3) is 0.375. The number of benzene rings is 1. The number of likely N-dealkylation sites (tertiary alicyclic amines) is 1. The number of rotatable bonds is 3. The molecule has 5 nitrogen and oxygen atoms in total. The monoisotopic (exact) mass is 320 g/mol. The molecule has 2 amide bonds. The Morgan fingerprint density at radius 1 is 1.32 bits per heavy atom. The molecule has 0 radical (unpaired) electrons. The number of carbonyl (C=O) groups is 2. The van der Waals surface area contributed by atoms with E-state index in [0.29, 0.717) is 10.6 Å². The van der Waals surface area contributed by atoms with Crippen LogP contribution < -0.4 is 5.32 Å². The summed E-state index contributed by atoms with van der Waals surface area (Å²) in [5.41, 5.74) is 1.22. The smallest absolute Gasteiger partial charge is 0.287 e. The summed E-state index contributed by atoms with van der Waals surface area (Å²) in [5.74, 6) is -0.243. The van der Waals surface area contributed by atoms with Crippen molar-refractivity contribution < 1.29 is 14.0 Å². The van der Waals surface area contributed by atoms with E-state index >= 15 is 0 Å². The maximum atomic E-state index is 12.2. The molecule has 1 fully saturated rings. The summed E-state index contributed by atoms with van der Waals surface area (Å²) < 4.78 is 5.58. The molecule has 2 aromatic rings. The van der Waals surface area contributed by atoms with Crippen LogP contribution in [0.15, 0.2) is 22.6 Å². The SMILES string of the molecule is Cc1c(C(=O)NCC(=O)N2CCCC2)oc2c(Cl)cccc12. The second-order valence-corrected chi connectivity index (χ2v) is 5.85. The third-order valence-corrected chi connectivity index (χ3v) is 4.28. The lowest BCUT2D eigenvalue weighted by molar-refractivity contribution is -0.129. The summed E-state index contributed by atoms with van der Waals surface area (Å²) in [4.78, 5) is 26.0. The van der Waals surface area contributed by atoms with Gasteiger partial charge in [0.05, 0.1) is 11.6 Å². The number of hydrogen-bond donors (Lipinski definition) is 1. The van der Waals surface area contributed by atoms with Gasteiger partial charge in [-0.05, 0) is 25.8 Å². The Morgan fingerprint density at radius 3 is 2.73 bits per heavy atom. The number of aryl methyl sites for hydroxylation is 1. The molecule has 0 bridgehead atoms. The number of nitrogens with one attached hydrogen (secondary N) is 1. The number of nitrogens with zero attached hydrogens (tertiary/aromatic N) is 1. The number of amides is 2. The Kier molecular flexibility index (Phi) is 4.07. The van der Waals surface area contributed by atoms with E-state index in [9.17, 15) is 9.59 Å². The van der Waals surface area contributed by atoms with E-state index in [4.69, 9.17) is 16.0 Å². The maximum absolute atomic E-state index is 12.2. The highest BCUT2D eigenvalue weighted by Gasteiger charge is 2.22. The van der Waals surface area contributed by atoms with Crippen molar-refractivity contribution >= 4 is 34.4 Å². The van der Waals surface area contributed by atoms with Crippen molar-refractivity contribution in [3.63, 3.8) is 0 Å². The molecule has 1 aromatic carbocycles. The molecule has 0 aliphatic carbocycles. The molecule has 6 heteroatoms. The van der Waals surface area contributed by atoms with E-state index < -0.39 is 5.91 Å². The van der Waals surface area contributed by atoms with Gasteiger partial charge >= 0.3 is 0 Å². The Balaban J connectivity index is 1.73. The Labute approximate surface area is 133 Å². The zero-order valence-corrected chi connectivity index (χ0v) is 13.1. The van der Waals surface area contributed by atoms with Gasteiger partial charge in [0.15, 0.2) is 11.3 Å². The van der Waals surface area contributed by atoms with Crippen molar-refractivity contribution in [2.75, 3.05) is 19.6 Å². The second kappa shape index (κ2) is 6.01. The van der Waals surface area contributed by atoms with Crippen LogP contribution >= 0.6 is 11.6 Å². The number of furan rings is 1. The molecule has 1 aliphatic heterocycles. The topological polar surface area (TPSA) is 62.6 Å². The van der Waals surface area contributed by atoms with Gasteiger partial charge in [-0.3, -0.25) is 9.59 Å². The summed E-state index contributed by atoms with van der Waals surface area (Å²) in [7, 11) is 0. The number of halogens is 1. The molecule has 0 saturated carbocycles. The second-order valence-electron chi connectivity index (χ2n) is 5.44. The van der Waals surface area contributed by atoms with Gasteiger partial charge in [0.2, 0.25) is 5.91 Å². The fourth-order valence-electron chi connectivity index (χ4n) is 2.74. The van der Waals surface area contributed by atoms with Crippen molar-refractivity contribution in [1.29, 1.82) is 0 Å². The molecule has 3 rings (SSSR count). The zero-order chi connectivity index (χ0) is 15.7. The van der Waals surface area contributed by atoms with Gasteiger partial charge in [-0.1, -0.05) is 23.7 Å². The highest BCUT2D eigenvalue weighted by molar-refractivity contribution is 6.35. The van der Waals surface area contributed by atoms with Gasteiger partial charge < -0.3 is 14.6 Å². The van der Waals surface area contributed by atoms with E-state index in [1.54, 1.807) is 17.9 Å². The summed E-state index contributed by atoms with van der Waals surface area (Å²) >= 11 is 6.07. The zero-order valence-electron chi connectivity index (χ0n) is 12.3. The fourth-order valence-corrected chi connectivity index (χ4v) is 2.95. The van der Waals surface area contributed by atoms with Crippen molar-refractivity contribution in [3.05, 3.63) is 34.5 Å². The molecule has 1 saturated heterocycles. The van der Waals surface area contributed by atoms with E-state index in [2.05, 4.69) is 5.32 Å². The Hall–Kier alpha value is -2.01. The van der Waals surface area contributed by atoms with E-state index in [-0.39, 0.29) is 18.2 Å². The Morgan fingerprint density at radius 2 is 2.05 bits per heavy atom. The van der Waals surface area contributed by atoms with Crippen LogP contribution in [0.2, 0.25) is 5.02 Å². The molecule has 1 aliphatic rings. The highest BCUT2D eigenvalue weighted by Crippen LogP contribution is 2.30. The van der Waals surface area contributed by atoms with Crippen molar-refractivity contribution in [3.8, 4) is 0 Å². The number of carbonyl (C=O) groups excluding carboxylic acids is 2. The van der Waals surface area contributed by atoms with Crippen LogP contribution in [0.4, 0.5) is 0 Å². The van der Waals surface area contributed by atoms with Crippen molar-refractivity contribution in [1.82, 2.24) is 10.2 Å². The normalized spacial score (nSPS) is 14.5. The molecule has 0 unspecified atom stereocenters. The van der Waals surface area contributed by atoms with Crippen LogP contribution in [-0.4, -0.2) is 36.3 Å². The third kappa shape index (κ3) is 2.68. The Bertz CT molecular complexity index is 732. The lowest BCUT2D eigenvalue weighted by Crippen LogP contribution is -2.38. The first-order chi connectivity index (χ1) is 10.6. The minimum atomic E-state index is -0.391. The first-order valence-corrected chi connectivity index (χ1v) is 7.69. The molecular formula is C16H17ClN2O3. The quantitative estimate of drug-likeness (QED) is 0.946. The van der Waals surface area contributed by atoms with Gasteiger partial charge in [0, 0.05) is 24.0 Å². The average molecular weight is 321 g/mol. The predicted molar refractivity (Wildman–Crippen MR) is 84.1 cm³/mol. The standard InChI is InChI=1S/C16H17ClN2O3/c1-10-11-5-4-6-12(17)15(11)22-14(10)16(21)18-9-13(20)19-7-2-3-8-19/h4-6H,2-3,7-9H2,1H3,(H,18,21). The summed E-state index contributed by atoms with van der Waals surface area (Å²) in [6.45, 7) is 3.34. The maximum Gasteiger partial charge on any atom is 0.287 e. The summed E-state index contributed by atoms with van der Waals surface area (Å²) in [6, 6.07) is 5.38. The molecule has 116 valence electrons. The first kappa shape index (κ1) is 14.9. The van der Waals surface area contributed by atoms with Gasteiger partial charge in [0.25, 0.3) is 5.91 Å². The summed E-state index contributed by atoms with van der Waals surface area (Å²) in [5, 5.41) is 3.90. The molecule has 0 spiro atoms. The van der Waals surface area contributed by atoms with Crippen LogP contribution in [0.5, 0.6) is 0 Å². The average Bonchev–Trinajstić information content (AvgIpc) is 3.14. The van der Waals surface area contributed by atoms with Gasteiger partial charge in [-0.2, -0.15) is 0 Å². The number of hydrogen-bond acceptors (Lipinski definition) is 3. The first-order valence-electron chi connectivity index (χ1n) is 7.31. The van der Waals surface area contributed by atoms with Crippen LogP contribution in [0, 0.1) is 6.92 Å². The molecule has 2 heterocycles. The van der Waals surface area contributed by atoms with Crippen LogP contribution in [-0.2, 0) is 4.79 Å². The largest absolute Gasteiger partial charge is 0.449 e. The van der Waals surface area contributed by atoms with Crippen LogP contribution in [0.25, 0.3) is 11.0 Å². The van der Waals surface area contributed by atoms with Gasteiger partial charge in [-0.15, -0.1) is 0 Å². The molecular weight excluding hydrogens is 304 g/mol. The predicted octanol–water partition coefficient (Wildman–Crippen LogP) is 2.75. The van der Waals surface area contributed by atoms with Gasteiger partial charge in [0.1, 0.15) is 0 Å². The van der Waals surface area contributed by atoms with Crippen molar-refractivity contribution in [2.45, 2.75) is 19.8 Å². The van der Waals surface area contributed by atoms with Gasteiger partial charge in [-0.25, -0.2) is 0 Å². The van der Waals surface area contributed by atoms with E-state index in [1.807, 2.05) is 12.1 Å². The molecule has 1 aromatic heterocycles. The van der Waals surface area contributed by atoms with E-state index in [0.717, 1.165) is 36.9 Å². The number of fused-ring (bicyclic) bond motifs is 1. The lowest BCUT2D eigenvalue weighted by atomic mass is 10.1. The number of para-hydroxylation sites is 1. The van der Waals surface area contributed by atoms with Crippen LogP contribution in [0.1, 0.15) is 29.0 Å². The minimum Gasteiger partial charge on any atom is -0.449 e.